The lowest BCUT2D eigenvalue weighted by molar-refractivity contribution is -0.117. The minimum atomic E-state index is -3.70. The highest BCUT2D eigenvalue weighted by Crippen LogP contribution is 2.29. The van der Waals surface area contributed by atoms with Gasteiger partial charge in [0.25, 0.3) is 0 Å². The number of amides is 1. The summed E-state index contributed by atoms with van der Waals surface area (Å²) >= 11 is 1.64. The van der Waals surface area contributed by atoms with E-state index < -0.39 is 10.0 Å². The van der Waals surface area contributed by atoms with Gasteiger partial charge in [0.15, 0.2) is 0 Å². The average Bonchev–Trinajstić information content (AvgIpc) is 3.15. The van der Waals surface area contributed by atoms with Crippen molar-refractivity contribution in [1.29, 1.82) is 0 Å². The van der Waals surface area contributed by atoms with Gasteiger partial charge in [-0.05, 0) is 43.6 Å². The first-order valence-corrected chi connectivity index (χ1v) is 10.6. The van der Waals surface area contributed by atoms with Crippen LogP contribution in [0.3, 0.4) is 0 Å². The number of carbonyl (C=O) groups excluding carboxylic acids is 1. The Morgan fingerprint density at radius 3 is 2.52 bits per heavy atom. The number of nitrogens with zero attached hydrogens (tertiary/aromatic N) is 2. The SMILES string of the molecule is COc1ccc(NC(=O)CN(C)C(C)c2cccs2)cc1S(=O)(=O)N(C)C. The number of carbonyl (C=O) groups is 1. The van der Waals surface area contributed by atoms with Gasteiger partial charge in [0.2, 0.25) is 15.9 Å². The normalized spacial score (nSPS) is 13.0. The van der Waals surface area contributed by atoms with E-state index in [4.69, 9.17) is 4.74 Å². The molecule has 0 aliphatic heterocycles. The van der Waals surface area contributed by atoms with Crippen LogP contribution in [0.4, 0.5) is 5.69 Å². The van der Waals surface area contributed by atoms with E-state index in [1.165, 1.54) is 38.2 Å². The van der Waals surface area contributed by atoms with Crippen molar-refractivity contribution < 1.29 is 17.9 Å². The predicted octanol–water partition coefficient (Wildman–Crippen LogP) is 2.64. The highest BCUT2D eigenvalue weighted by atomic mass is 32.2. The number of sulfonamides is 1. The van der Waals surface area contributed by atoms with Gasteiger partial charge < -0.3 is 10.1 Å². The molecular weight excluding hydrogens is 386 g/mol. The lowest BCUT2D eigenvalue weighted by Gasteiger charge is -2.23. The van der Waals surface area contributed by atoms with Gasteiger partial charge in [0.05, 0.1) is 13.7 Å². The maximum absolute atomic E-state index is 12.5. The Hall–Kier alpha value is -1.94. The Bertz CT molecular complexity index is 880. The number of nitrogens with one attached hydrogen (secondary N) is 1. The lowest BCUT2D eigenvalue weighted by Crippen LogP contribution is -2.32. The summed E-state index contributed by atoms with van der Waals surface area (Å²) < 4.78 is 31.2. The van der Waals surface area contributed by atoms with Crippen LogP contribution in [-0.2, 0) is 14.8 Å². The number of benzene rings is 1. The van der Waals surface area contributed by atoms with E-state index in [2.05, 4.69) is 5.32 Å². The van der Waals surface area contributed by atoms with E-state index in [0.717, 1.165) is 4.31 Å². The van der Waals surface area contributed by atoms with Crippen LogP contribution in [0.15, 0.2) is 40.6 Å². The van der Waals surface area contributed by atoms with Crippen LogP contribution in [0.1, 0.15) is 17.8 Å². The summed E-state index contributed by atoms with van der Waals surface area (Å²) in [6.07, 6.45) is 0. The molecule has 0 radical (unpaired) electrons. The third kappa shape index (κ3) is 5.07. The third-order valence-corrected chi connectivity index (χ3v) is 7.09. The first-order valence-electron chi connectivity index (χ1n) is 8.31. The zero-order chi connectivity index (χ0) is 20.2. The zero-order valence-electron chi connectivity index (χ0n) is 16.1. The van der Waals surface area contributed by atoms with E-state index in [9.17, 15) is 13.2 Å². The van der Waals surface area contributed by atoms with Crippen LogP contribution in [-0.4, -0.2) is 58.3 Å². The molecule has 1 N–H and O–H groups in total. The van der Waals surface area contributed by atoms with E-state index in [1.54, 1.807) is 17.4 Å². The molecule has 2 aromatic rings. The standard InChI is InChI=1S/C18H25N3O4S2/c1-13(16-7-6-10-26-16)21(4)12-18(22)19-14-8-9-15(25-5)17(11-14)27(23,24)20(2)3/h6-11,13H,12H2,1-5H3,(H,19,22). The Kier molecular flexibility index (Phi) is 6.99. The van der Waals surface area contributed by atoms with Crippen molar-refractivity contribution in [3.05, 3.63) is 40.6 Å². The molecular formula is C18H25N3O4S2. The molecule has 0 saturated carbocycles. The molecule has 2 rings (SSSR count). The number of thiophene rings is 1. The molecule has 1 aromatic carbocycles. The van der Waals surface area contributed by atoms with Crippen molar-refractivity contribution in [3.8, 4) is 5.75 Å². The number of rotatable bonds is 8. The molecule has 9 heteroatoms. The summed E-state index contributed by atoms with van der Waals surface area (Å²) in [6, 6.07) is 8.68. The van der Waals surface area contributed by atoms with Crippen molar-refractivity contribution >= 4 is 33.0 Å². The number of methoxy groups -OCH3 is 1. The summed E-state index contributed by atoms with van der Waals surface area (Å²) in [5.74, 6) is 0.00408. The maximum atomic E-state index is 12.5. The average molecular weight is 412 g/mol. The van der Waals surface area contributed by atoms with E-state index in [0.29, 0.717) is 5.69 Å². The monoisotopic (exact) mass is 411 g/mol. The number of hydrogen-bond acceptors (Lipinski definition) is 6. The highest BCUT2D eigenvalue weighted by molar-refractivity contribution is 7.89. The zero-order valence-corrected chi connectivity index (χ0v) is 17.7. The van der Waals surface area contributed by atoms with Crippen LogP contribution in [0.25, 0.3) is 0 Å². The van der Waals surface area contributed by atoms with E-state index in [-0.39, 0.29) is 29.1 Å². The van der Waals surface area contributed by atoms with E-state index in [1.807, 2.05) is 36.4 Å². The number of ether oxygens (including phenoxy) is 1. The molecule has 148 valence electrons. The quantitative estimate of drug-likeness (QED) is 0.722. The Balaban J connectivity index is 2.14. The highest BCUT2D eigenvalue weighted by Gasteiger charge is 2.23. The third-order valence-electron chi connectivity index (χ3n) is 4.22. The fourth-order valence-electron chi connectivity index (χ4n) is 2.46. The van der Waals surface area contributed by atoms with Crippen LogP contribution in [0.5, 0.6) is 5.75 Å². The van der Waals surface area contributed by atoms with Crippen molar-refractivity contribution in [3.63, 3.8) is 0 Å². The number of hydrogen-bond donors (Lipinski definition) is 1. The Morgan fingerprint density at radius 2 is 1.96 bits per heavy atom. The van der Waals surface area contributed by atoms with Gasteiger partial charge in [-0.15, -0.1) is 11.3 Å². The minimum absolute atomic E-state index is 0.00751. The van der Waals surface area contributed by atoms with Gasteiger partial charge in [-0.1, -0.05) is 6.07 Å². The molecule has 0 aliphatic rings. The molecule has 0 aliphatic carbocycles. The van der Waals surface area contributed by atoms with Crippen LogP contribution < -0.4 is 10.1 Å². The van der Waals surface area contributed by atoms with Gasteiger partial charge in [0.1, 0.15) is 10.6 Å². The van der Waals surface area contributed by atoms with Gasteiger partial charge in [-0.3, -0.25) is 9.69 Å². The number of likely N-dealkylation sites (N-methyl/N-ethyl adjacent to an activating group) is 1. The molecule has 0 bridgehead atoms. The lowest BCUT2D eigenvalue weighted by atomic mass is 10.2. The largest absolute Gasteiger partial charge is 0.495 e. The number of anilines is 1. The molecule has 7 nitrogen and oxygen atoms in total. The van der Waals surface area contributed by atoms with Gasteiger partial charge in [-0.25, -0.2) is 12.7 Å². The smallest absolute Gasteiger partial charge is 0.246 e. The van der Waals surface area contributed by atoms with Crippen LogP contribution in [0, 0.1) is 0 Å². The summed E-state index contributed by atoms with van der Waals surface area (Å²) in [4.78, 5) is 15.5. The molecule has 1 atom stereocenters. The summed E-state index contributed by atoms with van der Waals surface area (Å²) in [7, 11) is 2.48. The summed E-state index contributed by atoms with van der Waals surface area (Å²) in [5.41, 5.74) is 0.401. The van der Waals surface area contributed by atoms with Crippen LogP contribution >= 0.6 is 11.3 Å². The molecule has 0 fully saturated rings. The predicted molar refractivity (Wildman–Crippen MR) is 108 cm³/mol. The first kappa shape index (κ1) is 21.4. The second-order valence-electron chi connectivity index (χ2n) is 6.31. The fraction of sp³-hybridized carbons (Fsp3) is 0.389. The first-order chi connectivity index (χ1) is 12.7. The molecule has 0 spiro atoms. The maximum Gasteiger partial charge on any atom is 0.246 e. The molecule has 1 unspecified atom stereocenters. The van der Waals surface area contributed by atoms with Gasteiger partial charge in [-0.2, -0.15) is 0 Å². The topological polar surface area (TPSA) is 79.0 Å². The molecule has 27 heavy (non-hydrogen) atoms. The molecule has 1 heterocycles. The Labute approximate surface area is 164 Å². The summed E-state index contributed by atoms with van der Waals surface area (Å²) in [6.45, 7) is 2.22. The molecule has 1 aromatic heterocycles. The summed E-state index contributed by atoms with van der Waals surface area (Å²) in [5, 5.41) is 4.76. The van der Waals surface area contributed by atoms with Crippen molar-refractivity contribution in [2.45, 2.75) is 17.9 Å². The van der Waals surface area contributed by atoms with Crippen molar-refractivity contribution in [2.75, 3.05) is 40.1 Å². The van der Waals surface area contributed by atoms with Crippen LogP contribution in [0.2, 0.25) is 0 Å². The van der Waals surface area contributed by atoms with E-state index >= 15 is 0 Å². The second-order valence-corrected chi connectivity index (χ2v) is 9.41. The molecule has 1 amide bonds. The minimum Gasteiger partial charge on any atom is -0.495 e. The molecule has 0 saturated heterocycles. The van der Waals surface area contributed by atoms with Crippen molar-refractivity contribution in [1.82, 2.24) is 9.21 Å². The van der Waals surface area contributed by atoms with Gasteiger partial charge >= 0.3 is 0 Å². The van der Waals surface area contributed by atoms with Crippen molar-refractivity contribution in [2.24, 2.45) is 0 Å². The second kappa shape index (κ2) is 8.83. The fourth-order valence-corrected chi connectivity index (χ4v) is 4.39. The van der Waals surface area contributed by atoms with Gasteiger partial charge in [0, 0.05) is 30.7 Å². The Morgan fingerprint density at radius 1 is 1.26 bits per heavy atom.